The van der Waals surface area contributed by atoms with Crippen LogP contribution in [0.5, 0.6) is 11.5 Å². The molecule has 1 aromatic heterocycles. The molecule has 32 heavy (non-hydrogen) atoms. The van der Waals surface area contributed by atoms with Crippen molar-refractivity contribution in [1.29, 1.82) is 0 Å². The summed E-state index contributed by atoms with van der Waals surface area (Å²) in [5.41, 5.74) is 2.99. The Kier molecular flexibility index (Phi) is 9.74. The second-order valence-electron chi connectivity index (χ2n) is 6.88. The van der Waals surface area contributed by atoms with Crippen molar-refractivity contribution in [3.63, 3.8) is 0 Å². The summed E-state index contributed by atoms with van der Waals surface area (Å²) in [5.74, 6) is 1.30. The Hall–Kier alpha value is -2.36. The van der Waals surface area contributed by atoms with Gasteiger partial charge in [0, 0.05) is 18.3 Å². The summed E-state index contributed by atoms with van der Waals surface area (Å²) in [6.07, 6.45) is 2.44. The molecule has 0 spiro atoms. The number of benzene rings is 2. The van der Waals surface area contributed by atoms with E-state index in [1.54, 1.807) is 31.5 Å². The van der Waals surface area contributed by atoms with Crippen LogP contribution in [-0.2, 0) is 29.6 Å². The molecule has 0 atom stereocenters. The Bertz CT molecular complexity index is 1110. The quantitative estimate of drug-likeness (QED) is 0.326. The highest BCUT2D eigenvalue weighted by Gasteiger charge is 2.08. The number of ether oxygens (including phenoxy) is 2. The molecule has 0 fully saturated rings. The number of methoxy groups -OCH3 is 1. The lowest BCUT2D eigenvalue weighted by Gasteiger charge is -2.13. The third-order valence-corrected chi connectivity index (χ3v) is 5.74. The first-order valence-corrected chi connectivity index (χ1v) is 11.5. The molecule has 0 radical (unpaired) electrons. The predicted octanol–water partition coefficient (Wildman–Crippen LogP) is 3.72. The summed E-state index contributed by atoms with van der Waals surface area (Å²) < 4.78 is 33.9. The van der Waals surface area contributed by atoms with Gasteiger partial charge < -0.3 is 14.8 Å². The maximum Gasteiger partial charge on any atom is 0.238 e. The summed E-state index contributed by atoms with van der Waals surface area (Å²) in [4.78, 5) is 4.16. The molecule has 3 rings (SSSR count). The highest BCUT2D eigenvalue weighted by atomic mass is 35.5. The first-order chi connectivity index (χ1) is 14.8. The molecule has 2 aromatic carbocycles. The van der Waals surface area contributed by atoms with Gasteiger partial charge >= 0.3 is 0 Å². The number of rotatable bonds is 10. The van der Waals surface area contributed by atoms with E-state index in [-0.39, 0.29) is 17.3 Å². The Morgan fingerprint density at radius 2 is 1.69 bits per heavy atom. The second-order valence-corrected chi connectivity index (χ2v) is 8.83. The van der Waals surface area contributed by atoms with Crippen LogP contribution in [0.4, 0.5) is 0 Å². The lowest BCUT2D eigenvalue weighted by molar-refractivity contribution is 0.284. The average Bonchev–Trinajstić information content (AvgIpc) is 2.76. The molecule has 3 N–H and O–H groups in total. The largest absolute Gasteiger partial charge is 0.493 e. The van der Waals surface area contributed by atoms with Crippen LogP contribution < -0.4 is 19.9 Å². The van der Waals surface area contributed by atoms with Crippen molar-refractivity contribution in [2.75, 3.05) is 13.7 Å². The third kappa shape index (κ3) is 7.65. The number of nitrogens with zero attached hydrogens (tertiary/aromatic N) is 1. The van der Waals surface area contributed by atoms with Crippen molar-refractivity contribution in [2.45, 2.75) is 24.5 Å². The minimum Gasteiger partial charge on any atom is -0.493 e. The van der Waals surface area contributed by atoms with Crippen molar-refractivity contribution < 1.29 is 17.9 Å². The normalized spacial score (nSPS) is 11.0. The standard InChI is InChI=1S/C22H24ClN3O4S.ClH/c1-29-21-12-17(4-8-20(21)30-15-18-5-9-22(23)26-14-18)13-25-11-10-16-2-6-19(7-3-16)31(24,27)28;/h2-9,12,14,25H,10-11,13,15H2,1H3,(H2,24,27,28);1H. The maximum absolute atomic E-state index is 11.3. The number of nitrogens with two attached hydrogens (primary N) is 1. The van der Waals surface area contributed by atoms with Crippen LogP contribution in [0.3, 0.4) is 0 Å². The number of pyridine rings is 1. The van der Waals surface area contributed by atoms with Crippen LogP contribution in [0.2, 0.25) is 5.15 Å². The molecule has 0 unspecified atom stereocenters. The zero-order chi connectivity index (χ0) is 22.3. The van der Waals surface area contributed by atoms with Crippen LogP contribution in [0.15, 0.2) is 65.7 Å². The van der Waals surface area contributed by atoms with Gasteiger partial charge in [0.15, 0.2) is 11.5 Å². The molecule has 0 aliphatic heterocycles. The molecule has 3 aromatic rings. The molecule has 0 saturated heterocycles. The number of hydrogen-bond acceptors (Lipinski definition) is 6. The predicted molar refractivity (Wildman–Crippen MR) is 127 cm³/mol. The summed E-state index contributed by atoms with van der Waals surface area (Å²) in [6.45, 7) is 1.76. The first-order valence-electron chi connectivity index (χ1n) is 9.58. The van der Waals surface area contributed by atoms with Crippen molar-refractivity contribution >= 4 is 34.0 Å². The fourth-order valence-corrected chi connectivity index (χ4v) is 3.53. The molecule has 0 amide bonds. The summed E-state index contributed by atoms with van der Waals surface area (Å²) >= 11 is 5.80. The number of halogens is 2. The van der Waals surface area contributed by atoms with Crippen LogP contribution in [0.1, 0.15) is 16.7 Å². The molecule has 172 valence electrons. The van der Waals surface area contributed by atoms with E-state index in [1.165, 1.54) is 12.1 Å². The highest BCUT2D eigenvalue weighted by molar-refractivity contribution is 7.89. The van der Waals surface area contributed by atoms with Gasteiger partial charge in [-0.15, -0.1) is 12.4 Å². The number of aromatic nitrogens is 1. The molecule has 0 aliphatic carbocycles. The Morgan fingerprint density at radius 3 is 2.31 bits per heavy atom. The lowest BCUT2D eigenvalue weighted by atomic mass is 10.1. The van der Waals surface area contributed by atoms with Gasteiger partial charge in [-0.1, -0.05) is 35.9 Å². The summed E-state index contributed by atoms with van der Waals surface area (Å²) in [6, 6.07) is 16.0. The molecule has 0 bridgehead atoms. The fraction of sp³-hybridized carbons (Fsp3) is 0.227. The second kappa shape index (κ2) is 12.0. The molecule has 7 nitrogen and oxygen atoms in total. The van der Waals surface area contributed by atoms with Gasteiger partial charge in [0.1, 0.15) is 11.8 Å². The molecular weight excluding hydrogens is 473 g/mol. The molecule has 10 heteroatoms. The zero-order valence-electron chi connectivity index (χ0n) is 17.5. The van der Waals surface area contributed by atoms with E-state index >= 15 is 0 Å². The van der Waals surface area contributed by atoms with E-state index in [2.05, 4.69) is 10.3 Å². The highest BCUT2D eigenvalue weighted by Crippen LogP contribution is 2.29. The molecule has 1 heterocycles. The number of hydrogen-bond donors (Lipinski definition) is 2. The summed E-state index contributed by atoms with van der Waals surface area (Å²) in [5, 5.41) is 8.93. The zero-order valence-corrected chi connectivity index (χ0v) is 19.8. The van der Waals surface area contributed by atoms with Crippen molar-refractivity contribution in [1.82, 2.24) is 10.3 Å². The van der Waals surface area contributed by atoms with Crippen LogP contribution in [-0.4, -0.2) is 27.1 Å². The van der Waals surface area contributed by atoms with Crippen molar-refractivity contribution in [3.8, 4) is 11.5 Å². The smallest absolute Gasteiger partial charge is 0.238 e. The minimum absolute atomic E-state index is 0. The number of sulfonamides is 1. The minimum atomic E-state index is -3.66. The van der Waals surface area contributed by atoms with E-state index in [0.29, 0.717) is 29.8 Å². The van der Waals surface area contributed by atoms with Gasteiger partial charge in [0.2, 0.25) is 10.0 Å². The fourth-order valence-electron chi connectivity index (χ4n) is 2.91. The Morgan fingerprint density at radius 1 is 1.00 bits per heavy atom. The summed E-state index contributed by atoms with van der Waals surface area (Å²) in [7, 11) is -2.05. The van der Waals surface area contributed by atoms with Crippen molar-refractivity contribution in [3.05, 3.63) is 82.6 Å². The first kappa shape index (κ1) is 25.9. The third-order valence-electron chi connectivity index (χ3n) is 4.58. The average molecular weight is 498 g/mol. The monoisotopic (exact) mass is 497 g/mol. The van der Waals surface area contributed by atoms with Gasteiger partial charge in [0.25, 0.3) is 0 Å². The molecule has 0 aliphatic rings. The SMILES string of the molecule is COc1cc(CNCCc2ccc(S(N)(=O)=O)cc2)ccc1OCc1ccc(Cl)nc1.Cl. The number of primary sulfonamides is 1. The van der Waals surface area contributed by atoms with Gasteiger partial charge in [-0.3, -0.25) is 0 Å². The Balaban J connectivity index is 0.00000363. The van der Waals surface area contributed by atoms with Crippen LogP contribution in [0.25, 0.3) is 0 Å². The Labute approximate surface area is 199 Å². The topological polar surface area (TPSA) is 104 Å². The molecule has 0 saturated carbocycles. The van der Waals surface area contributed by atoms with E-state index in [9.17, 15) is 8.42 Å². The van der Waals surface area contributed by atoms with E-state index in [4.69, 9.17) is 26.2 Å². The van der Waals surface area contributed by atoms with Gasteiger partial charge in [-0.05, 0) is 54.4 Å². The van der Waals surface area contributed by atoms with Crippen LogP contribution >= 0.6 is 24.0 Å². The van der Waals surface area contributed by atoms with Crippen LogP contribution in [0, 0.1) is 0 Å². The lowest BCUT2D eigenvalue weighted by Crippen LogP contribution is -2.17. The molecular formula is C22H25Cl2N3O4S. The van der Waals surface area contributed by atoms with E-state index in [1.807, 2.05) is 24.3 Å². The van der Waals surface area contributed by atoms with Crippen molar-refractivity contribution in [2.24, 2.45) is 5.14 Å². The van der Waals surface area contributed by atoms with Gasteiger partial charge in [-0.25, -0.2) is 18.5 Å². The maximum atomic E-state index is 11.3. The van der Waals surface area contributed by atoms with E-state index < -0.39 is 10.0 Å². The van der Waals surface area contributed by atoms with E-state index in [0.717, 1.165) is 29.7 Å². The van der Waals surface area contributed by atoms with Gasteiger partial charge in [0.05, 0.1) is 12.0 Å². The number of nitrogens with one attached hydrogen (secondary N) is 1. The van der Waals surface area contributed by atoms with Gasteiger partial charge in [-0.2, -0.15) is 0 Å².